The molecule has 1 heterocycles. The van der Waals surface area contributed by atoms with Crippen molar-refractivity contribution in [2.45, 2.75) is 11.1 Å². The number of nitro groups is 1. The molecule has 0 radical (unpaired) electrons. The Hall–Kier alpha value is -2.16. The van der Waals surface area contributed by atoms with Gasteiger partial charge in [-0.2, -0.15) is 4.72 Å². The summed E-state index contributed by atoms with van der Waals surface area (Å²) in [7, 11) is -3.73. The standard InChI is InChI=1S/C13H10ClN3O4S/c14-9-4-5-12-11(7-9)15-13(16-22(12,20)21)8-2-1-3-10(6-8)17(18)19/h1-7,13,15-16H/t13-/m1/s1. The van der Waals surface area contributed by atoms with Crippen molar-refractivity contribution in [2.75, 3.05) is 5.32 Å². The van der Waals surface area contributed by atoms with Gasteiger partial charge in [-0.1, -0.05) is 23.7 Å². The first-order chi connectivity index (χ1) is 10.4. The monoisotopic (exact) mass is 339 g/mol. The number of hydrogen-bond acceptors (Lipinski definition) is 5. The lowest BCUT2D eigenvalue weighted by Gasteiger charge is -2.28. The Balaban J connectivity index is 2.05. The Labute approximate surface area is 131 Å². The Morgan fingerprint density at radius 2 is 1.95 bits per heavy atom. The summed E-state index contributed by atoms with van der Waals surface area (Å²) in [6, 6.07) is 10.1. The highest BCUT2D eigenvalue weighted by Gasteiger charge is 2.30. The van der Waals surface area contributed by atoms with E-state index in [0.717, 1.165) is 0 Å². The summed E-state index contributed by atoms with van der Waals surface area (Å²) < 4.78 is 27.0. The van der Waals surface area contributed by atoms with Crippen molar-refractivity contribution in [1.82, 2.24) is 4.72 Å². The molecule has 0 aromatic heterocycles. The van der Waals surface area contributed by atoms with E-state index in [2.05, 4.69) is 10.0 Å². The molecule has 114 valence electrons. The van der Waals surface area contributed by atoms with Crippen LogP contribution in [0.15, 0.2) is 47.4 Å². The molecule has 7 nitrogen and oxygen atoms in total. The molecule has 0 unspecified atom stereocenters. The third kappa shape index (κ3) is 2.63. The number of halogens is 1. The lowest BCUT2D eigenvalue weighted by molar-refractivity contribution is -0.384. The molecule has 1 aliphatic heterocycles. The molecule has 3 rings (SSSR count). The maximum absolute atomic E-state index is 12.3. The molecule has 1 atom stereocenters. The van der Waals surface area contributed by atoms with Gasteiger partial charge in [0, 0.05) is 17.2 Å². The van der Waals surface area contributed by atoms with Gasteiger partial charge in [-0.25, -0.2) is 8.42 Å². The second-order valence-corrected chi connectivity index (χ2v) is 6.81. The first-order valence-electron chi connectivity index (χ1n) is 6.19. The molecular weight excluding hydrogens is 330 g/mol. The first-order valence-corrected chi connectivity index (χ1v) is 8.06. The van der Waals surface area contributed by atoms with Crippen molar-refractivity contribution < 1.29 is 13.3 Å². The summed E-state index contributed by atoms with van der Waals surface area (Å²) in [6.45, 7) is 0. The van der Waals surface area contributed by atoms with Gasteiger partial charge in [0.05, 0.1) is 10.6 Å². The Morgan fingerprint density at radius 1 is 1.18 bits per heavy atom. The Kier molecular flexibility index (Phi) is 3.51. The summed E-state index contributed by atoms with van der Waals surface area (Å²) in [5.41, 5.74) is 0.668. The van der Waals surface area contributed by atoms with Crippen molar-refractivity contribution in [3.05, 3.63) is 63.2 Å². The Morgan fingerprint density at radius 3 is 2.68 bits per heavy atom. The van der Waals surface area contributed by atoms with Gasteiger partial charge in [-0.15, -0.1) is 0 Å². The normalized spacial score (nSPS) is 19.0. The average Bonchev–Trinajstić information content (AvgIpc) is 2.46. The van der Waals surface area contributed by atoms with Crippen LogP contribution in [0.2, 0.25) is 5.02 Å². The van der Waals surface area contributed by atoms with Crippen LogP contribution in [0.5, 0.6) is 0 Å². The molecule has 0 spiro atoms. The third-order valence-electron chi connectivity index (χ3n) is 3.22. The van der Waals surface area contributed by atoms with Crippen LogP contribution in [0.25, 0.3) is 0 Å². The molecule has 9 heteroatoms. The van der Waals surface area contributed by atoms with Gasteiger partial charge >= 0.3 is 0 Å². The van der Waals surface area contributed by atoms with Gasteiger partial charge < -0.3 is 5.32 Å². The fourth-order valence-electron chi connectivity index (χ4n) is 2.22. The van der Waals surface area contributed by atoms with Crippen LogP contribution in [-0.2, 0) is 10.0 Å². The average molecular weight is 340 g/mol. The van der Waals surface area contributed by atoms with Crippen molar-refractivity contribution in [1.29, 1.82) is 0 Å². The second kappa shape index (κ2) is 5.24. The van der Waals surface area contributed by atoms with Gasteiger partial charge in [0.25, 0.3) is 5.69 Å². The van der Waals surface area contributed by atoms with Crippen molar-refractivity contribution in [3.63, 3.8) is 0 Å². The van der Waals surface area contributed by atoms with Gasteiger partial charge in [0.15, 0.2) is 0 Å². The van der Waals surface area contributed by atoms with Gasteiger partial charge in [0.2, 0.25) is 10.0 Å². The van der Waals surface area contributed by atoms with Crippen LogP contribution in [0, 0.1) is 10.1 Å². The molecule has 1 aliphatic rings. The number of non-ortho nitro benzene ring substituents is 1. The minimum absolute atomic E-state index is 0.0820. The summed E-state index contributed by atoms with van der Waals surface area (Å²) in [5.74, 6) is 0. The Bertz CT molecular complexity index is 869. The molecule has 0 bridgehead atoms. The molecule has 2 N–H and O–H groups in total. The van der Waals surface area contributed by atoms with Crippen molar-refractivity contribution >= 4 is 33.0 Å². The van der Waals surface area contributed by atoms with Crippen LogP contribution >= 0.6 is 11.6 Å². The zero-order chi connectivity index (χ0) is 15.9. The van der Waals surface area contributed by atoms with Gasteiger partial charge in [-0.05, 0) is 23.8 Å². The molecule has 2 aromatic rings. The SMILES string of the molecule is O=[N+]([O-])c1cccc([C@@H]2Nc3cc(Cl)ccc3S(=O)(=O)N2)c1. The van der Waals surface area contributed by atoms with Crippen molar-refractivity contribution in [3.8, 4) is 0 Å². The molecule has 0 fully saturated rings. The molecule has 0 saturated heterocycles. The number of fused-ring (bicyclic) bond motifs is 1. The van der Waals surface area contributed by atoms with E-state index in [4.69, 9.17) is 11.6 Å². The first kappa shape index (κ1) is 14.8. The predicted octanol–water partition coefficient (Wildman–Crippen LogP) is 2.65. The fraction of sp³-hybridized carbons (Fsp3) is 0.0769. The van der Waals surface area contributed by atoms with Crippen LogP contribution in [0.3, 0.4) is 0 Å². The largest absolute Gasteiger partial charge is 0.364 e. The third-order valence-corrected chi connectivity index (χ3v) is 4.93. The predicted molar refractivity (Wildman–Crippen MR) is 81.2 cm³/mol. The number of nitro benzene ring substituents is 1. The van der Waals surface area contributed by atoms with Gasteiger partial charge in [0.1, 0.15) is 11.1 Å². The second-order valence-electron chi connectivity index (χ2n) is 4.69. The number of benzene rings is 2. The van der Waals surface area contributed by atoms with E-state index in [9.17, 15) is 18.5 Å². The van der Waals surface area contributed by atoms with Gasteiger partial charge in [-0.3, -0.25) is 10.1 Å². The van der Waals surface area contributed by atoms with E-state index < -0.39 is 21.1 Å². The van der Waals surface area contributed by atoms with E-state index >= 15 is 0 Å². The maximum atomic E-state index is 12.3. The number of anilines is 1. The zero-order valence-corrected chi connectivity index (χ0v) is 12.6. The molecular formula is C13H10ClN3O4S. The molecule has 22 heavy (non-hydrogen) atoms. The molecule has 0 aliphatic carbocycles. The number of hydrogen-bond donors (Lipinski definition) is 2. The minimum Gasteiger partial charge on any atom is -0.364 e. The quantitative estimate of drug-likeness (QED) is 0.647. The summed E-state index contributed by atoms with van der Waals surface area (Å²) in [4.78, 5) is 10.4. The fourth-order valence-corrected chi connectivity index (χ4v) is 3.68. The maximum Gasteiger partial charge on any atom is 0.269 e. The molecule has 2 aromatic carbocycles. The number of nitrogens with zero attached hydrogens (tertiary/aromatic N) is 1. The number of nitrogens with one attached hydrogen (secondary N) is 2. The van der Waals surface area contributed by atoms with E-state index in [0.29, 0.717) is 16.3 Å². The van der Waals surface area contributed by atoms with Crippen LogP contribution in [-0.4, -0.2) is 13.3 Å². The minimum atomic E-state index is -3.73. The van der Waals surface area contributed by atoms with E-state index in [1.54, 1.807) is 6.07 Å². The lowest BCUT2D eigenvalue weighted by atomic mass is 10.1. The van der Waals surface area contributed by atoms with E-state index in [1.165, 1.54) is 36.4 Å². The number of sulfonamides is 1. The van der Waals surface area contributed by atoms with Crippen LogP contribution < -0.4 is 10.0 Å². The van der Waals surface area contributed by atoms with E-state index in [1.807, 2.05) is 0 Å². The van der Waals surface area contributed by atoms with Crippen LogP contribution in [0.4, 0.5) is 11.4 Å². The topological polar surface area (TPSA) is 101 Å². The smallest absolute Gasteiger partial charge is 0.269 e. The van der Waals surface area contributed by atoms with E-state index in [-0.39, 0.29) is 10.6 Å². The van der Waals surface area contributed by atoms with Crippen molar-refractivity contribution in [2.24, 2.45) is 0 Å². The van der Waals surface area contributed by atoms with Crippen LogP contribution in [0.1, 0.15) is 11.7 Å². The lowest BCUT2D eigenvalue weighted by Crippen LogP contribution is -2.38. The molecule has 0 saturated carbocycles. The highest BCUT2D eigenvalue weighted by molar-refractivity contribution is 7.89. The zero-order valence-electron chi connectivity index (χ0n) is 11.0. The summed E-state index contributed by atoms with van der Waals surface area (Å²) in [6.07, 6.45) is -0.809. The highest BCUT2D eigenvalue weighted by Crippen LogP contribution is 2.33. The number of rotatable bonds is 2. The summed E-state index contributed by atoms with van der Waals surface area (Å²) in [5, 5.41) is 14.2. The highest BCUT2D eigenvalue weighted by atomic mass is 35.5. The molecule has 0 amide bonds. The summed E-state index contributed by atoms with van der Waals surface area (Å²) >= 11 is 5.89.